The van der Waals surface area contributed by atoms with E-state index in [1.54, 1.807) is 0 Å². The lowest BCUT2D eigenvalue weighted by atomic mass is 9.68. The molecule has 0 fully saturated rings. The molecule has 2 nitrogen and oxygen atoms in total. The Bertz CT molecular complexity index is 4070. The number of para-hydroxylation sites is 1. The van der Waals surface area contributed by atoms with E-state index in [2.05, 4.69) is 254 Å². The van der Waals surface area contributed by atoms with Crippen LogP contribution in [0.1, 0.15) is 22.3 Å². The van der Waals surface area contributed by atoms with Crippen LogP contribution >= 0.6 is 11.3 Å². The smallest absolute Gasteiger partial charge is 0.135 e. The highest BCUT2D eigenvalue weighted by Gasteiger charge is 2.46. The average Bonchev–Trinajstić information content (AvgIpc) is 4.10. The van der Waals surface area contributed by atoms with Crippen LogP contribution in [0, 0.1) is 0 Å². The molecule has 3 heteroatoms. The largest absolute Gasteiger partial charge is 0.456 e. The van der Waals surface area contributed by atoms with Gasteiger partial charge < -0.3 is 9.32 Å². The SMILES string of the molecule is c1ccc(C2(c3ccccc3)c3ccccc3-c3cc(N(c4ccc(-c5cccc(-c6cccc7c6sc6ccccc67)c5)cc4)c4ccc(-c5ccc6oc7ccccc7c6c5)cc4)ccc32)cc1. The molecule has 70 heavy (non-hydrogen) atoms. The highest BCUT2D eigenvalue weighted by molar-refractivity contribution is 7.26. The molecule has 0 bridgehead atoms. The van der Waals surface area contributed by atoms with E-state index in [0.29, 0.717) is 0 Å². The third kappa shape index (κ3) is 6.32. The molecule has 0 amide bonds. The zero-order chi connectivity index (χ0) is 46.2. The molecule has 0 saturated carbocycles. The van der Waals surface area contributed by atoms with Gasteiger partial charge in [-0.25, -0.2) is 0 Å². The van der Waals surface area contributed by atoms with Crippen molar-refractivity contribution in [1.82, 2.24) is 0 Å². The van der Waals surface area contributed by atoms with Crippen LogP contribution in [0.4, 0.5) is 17.1 Å². The van der Waals surface area contributed by atoms with Gasteiger partial charge in [0.15, 0.2) is 0 Å². The highest BCUT2D eigenvalue weighted by atomic mass is 32.1. The molecule has 0 aliphatic heterocycles. The van der Waals surface area contributed by atoms with Gasteiger partial charge in [-0.05, 0) is 133 Å². The monoisotopic (exact) mass is 909 g/mol. The Kier molecular flexibility index (Phi) is 9.33. The van der Waals surface area contributed by atoms with Crippen LogP contribution < -0.4 is 4.90 Å². The van der Waals surface area contributed by atoms with E-state index in [0.717, 1.165) is 50.1 Å². The summed E-state index contributed by atoms with van der Waals surface area (Å²) >= 11 is 1.88. The fourth-order valence-electron chi connectivity index (χ4n) is 11.4. The van der Waals surface area contributed by atoms with Crippen molar-refractivity contribution < 1.29 is 4.42 Å². The Morgan fingerprint density at radius 3 is 1.61 bits per heavy atom. The topological polar surface area (TPSA) is 16.4 Å². The summed E-state index contributed by atoms with van der Waals surface area (Å²) in [5.41, 5.74) is 19.3. The van der Waals surface area contributed by atoms with Crippen LogP contribution in [-0.2, 0) is 5.41 Å². The van der Waals surface area contributed by atoms with Gasteiger partial charge in [0.25, 0.3) is 0 Å². The Labute approximate surface area is 410 Å². The maximum absolute atomic E-state index is 6.19. The summed E-state index contributed by atoms with van der Waals surface area (Å²) in [7, 11) is 0. The number of anilines is 3. The summed E-state index contributed by atoms with van der Waals surface area (Å²) < 4.78 is 8.84. The molecule has 2 heterocycles. The normalized spacial score (nSPS) is 12.7. The summed E-state index contributed by atoms with van der Waals surface area (Å²) in [6, 6.07) is 95.6. The molecule has 0 unspecified atom stereocenters. The standard InChI is InChI=1S/C67H43NOS/c1-3-17-49(18-4-1)67(50-19-5-2-6-20-50)61-26-10-7-21-55(61)59-43-53(38-39-62(59)67)68(52-36-31-45(32-37-52)47-33-40-64-60(42-47)56-22-8-11-27-63(56)69-64)51-34-29-44(30-35-51)46-15-13-16-48(41-46)54-24-14-25-58-57-23-9-12-28-65(57)70-66(54)58/h1-43H. The third-order valence-corrected chi connectivity index (χ3v) is 15.8. The zero-order valence-electron chi connectivity index (χ0n) is 38.1. The summed E-state index contributed by atoms with van der Waals surface area (Å²) in [4.78, 5) is 2.41. The molecule has 13 aromatic rings. The first-order valence-corrected chi connectivity index (χ1v) is 24.8. The minimum Gasteiger partial charge on any atom is -0.456 e. The van der Waals surface area contributed by atoms with Gasteiger partial charge >= 0.3 is 0 Å². The Hall–Kier alpha value is -8.76. The van der Waals surface area contributed by atoms with Gasteiger partial charge in [-0.1, -0.05) is 194 Å². The third-order valence-electron chi connectivity index (χ3n) is 14.6. The Balaban J connectivity index is 0.895. The van der Waals surface area contributed by atoms with Crippen LogP contribution in [0.15, 0.2) is 265 Å². The van der Waals surface area contributed by atoms with Crippen molar-refractivity contribution in [2.24, 2.45) is 0 Å². The zero-order valence-corrected chi connectivity index (χ0v) is 38.9. The summed E-state index contributed by atoms with van der Waals surface area (Å²) in [6.07, 6.45) is 0. The molecular weight excluding hydrogens is 867 g/mol. The lowest BCUT2D eigenvalue weighted by molar-refractivity contribution is 0.669. The number of thiophene rings is 1. The van der Waals surface area contributed by atoms with Crippen LogP contribution in [0.5, 0.6) is 0 Å². The van der Waals surface area contributed by atoms with Crippen LogP contribution in [0.25, 0.3) is 86.6 Å². The quantitative estimate of drug-likeness (QED) is 0.151. The fraction of sp³-hybridized carbons (Fsp3) is 0.0149. The van der Waals surface area contributed by atoms with Gasteiger partial charge in [-0.3, -0.25) is 0 Å². The number of nitrogens with zero attached hydrogens (tertiary/aromatic N) is 1. The van der Waals surface area contributed by atoms with Crippen LogP contribution in [-0.4, -0.2) is 0 Å². The molecule has 0 spiro atoms. The number of furan rings is 1. The lowest BCUT2D eigenvalue weighted by Gasteiger charge is -2.34. The number of hydrogen-bond acceptors (Lipinski definition) is 3. The predicted molar refractivity (Wildman–Crippen MR) is 295 cm³/mol. The summed E-state index contributed by atoms with van der Waals surface area (Å²) in [5.74, 6) is 0. The van der Waals surface area contributed by atoms with Gasteiger partial charge in [0, 0.05) is 48.0 Å². The van der Waals surface area contributed by atoms with Crippen molar-refractivity contribution in [3.63, 3.8) is 0 Å². The minimum absolute atomic E-state index is 0.473. The van der Waals surface area contributed by atoms with E-state index in [-0.39, 0.29) is 0 Å². The van der Waals surface area contributed by atoms with Crippen LogP contribution in [0.2, 0.25) is 0 Å². The molecule has 0 atom stereocenters. The van der Waals surface area contributed by atoms with Crippen molar-refractivity contribution >= 4 is 70.5 Å². The molecule has 0 radical (unpaired) electrons. The Morgan fingerprint density at radius 1 is 0.314 bits per heavy atom. The van der Waals surface area contributed by atoms with Crippen molar-refractivity contribution in [2.75, 3.05) is 4.90 Å². The lowest BCUT2D eigenvalue weighted by Crippen LogP contribution is -2.28. The van der Waals surface area contributed by atoms with Gasteiger partial charge in [0.2, 0.25) is 0 Å². The number of hydrogen-bond donors (Lipinski definition) is 0. The fourth-order valence-corrected chi connectivity index (χ4v) is 12.6. The first-order valence-electron chi connectivity index (χ1n) is 24.0. The van der Waals surface area contributed by atoms with Crippen molar-refractivity contribution in [3.05, 3.63) is 283 Å². The molecule has 14 rings (SSSR count). The molecule has 1 aliphatic carbocycles. The van der Waals surface area contributed by atoms with E-state index < -0.39 is 5.41 Å². The van der Waals surface area contributed by atoms with E-state index in [1.165, 1.54) is 75.8 Å². The maximum atomic E-state index is 6.19. The molecule has 0 saturated heterocycles. The van der Waals surface area contributed by atoms with Gasteiger partial charge in [-0.2, -0.15) is 0 Å². The number of rotatable bonds is 8. The minimum atomic E-state index is -0.473. The van der Waals surface area contributed by atoms with E-state index in [9.17, 15) is 0 Å². The summed E-state index contributed by atoms with van der Waals surface area (Å²) in [5, 5.41) is 4.89. The van der Waals surface area contributed by atoms with E-state index in [4.69, 9.17) is 4.42 Å². The van der Waals surface area contributed by atoms with Gasteiger partial charge in [0.05, 0.1) is 5.41 Å². The molecule has 328 valence electrons. The van der Waals surface area contributed by atoms with Gasteiger partial charge in [0.1, 0.15) is 11.2 Å². The summed E-state index contributed by atoms with van der Waals surface area (Å²) in [6.45, 7) is 0. The molecule has 2 aromatic heterocycles. The second-order valence-electron chi connectivity index (χ2n) is 18.4. The van der Waals surface area contributed by atoms with Gasteiger partial charge in [-0.15, -0.1) is 11.3 Å². The second kappa shape index (κ2) is 16.2. The molecule has 1 aliphatic rings. The van der Waals surface area contributed by atoms with E-state index >= 15 is 0 Å². The first kappa shape index (κ1) is 40.3. The predicted octanol–water partition coefficient (Wildman–Crippen LogP) is 18.8. The maximum Gasteiger partial charge on any atom is 0.135 e. The molecule has 0 N–H and O–H groups in total. The number of fused-ring (bicyclic) bond motifs is 9. The van der Waals surface area contributed by atoms with Crippen LogP contribution in [0.3, 0.4) is 0 Å². The second-order valence-corrected chi connectivity index (χ2v) is 19.4. The Morgan fingerprint density at radius 2 is 0.857 bits per heavy atom. The van der Waals surface area contributed by atoms with Crippen molar-refractivity contribution in [1.29, 1.82) is 0 Å². The molecule has 11 aromatic carbocycles. The number of benzene rings is 11. The van der Waals surface area contributed by atoms with E-state index in [1.807, 2.05) is 23.5 Å². The highest BCUT2D eigenvalue weighted by Crippen LogP contribution is 2.57. The van der Waals surface area contributed by atoms with Crippen molar-refractivity contribution in [3.8, 4) is 44.5 Å². The van der Waals surface area contributed by atoms with Crippen molar-refractivity contribution in [2.45, 2.75) is 5.41 Å². The molecular formula is C67H43NOS. The first-order chi connectivity index (χ1) is 34.7. The average molecular weight is 910 g/mol.